The zero-order valence-corrected chi connectivity index (χ0v) is 17.5. The maximum Gasteiger partial charge on any atom is 0.490 e. The Morgan fingerprint density at radius 2 is 1.41 bits per heavy atom. The molecule has 11 heteroatoms. The number of ketones is 1. The van der Waals surface area contributed by atoms with E-state index in [-0.39, 0.29) is 5.78 Å². The lowest BCUT2D eigenvalue weighted by Crippen LogP contribution is -2.21. The van der Waals surface area contributed by atoms with E-state index in [1.54, 1.807) is 54.6 Å². The Morgan fingerprint density at radius 1 is 0.824 bits per heavy atom. The van der Waals surface area contributed by atoms with Gasteiger partial charge in [-0.25, -0.2) is 9.59 Å². The van der Waals surface area contributed by atoms with Crippen LogP contribution in [0.1, 0.15) is 15.9 Å². The molecule has 0 aliphatic heterocycles. The van der Waals surface area contributed by atoms with E-state index in [0.29, 0.717) is 35.8 Å². The monoisotopic (exact) mass is 479 g/mol. The number of ether oxygens (including phenoxy) is 2. The molecule has 0 bridgehead atoms. The lowest BCUT2D eigenvalue weighted by atomic mass is 10.00. The molecule has 0 aliphatic carbocycles. The summed E-state index contributed by atoms with van der Waals surface area (Å²) in [7, 11) is 0. The summed E-state index contributed by atoms with van der Waals surface area (Å²) in [6.07, 6.45) is -5.08. The third-order valence-corrected chi connectivity index (χ3v) is 4.16. The number of aliphatic carboxylic acids is 2. The van der Waals surface area contributed by atoms with Crippen molar-refractivity contribution in [2.45, 2.75) is 6.18 Å². The Labute approximate surface area is 191 Å². The average Bonchev–Trinajstić information content (AvgIpc) is 2.80. The van der Waals surface area contributed by atoms with Crippen LogP contribution in [0.5, 0.6) is 11.5 Å². The van der Waals surface area contributed by atoms with E-state index in [2.05, 4.69) is 0 Å². The van der Waals surface area contributed by atoms with Crippen LogP contribution in [0.4, 0.5) is 13.2 Å². The molecule has 0 fully saturated rings. The number of carbonyl (C=O) groups excluding carboxylic acids is 1. The maximum absolute atomic E-state index is 12.8. The van der Waals surface area contributed by atoms with Crippen molar-refractivity contribution in [2.24, 2.45) is 5.73 Å². The van der Waals surface area contributed by atoms with E-state index in [1.165, 1.54) is 0 Å². The molecule has 0 amide bonds. The number of benzene rings is 3. The molecule has 3 aromatic carbocycles. The van der Waals surface area contributed by atoms with E-state index in [9.17, 15) is 22.8 Å². The second-order valence-electron chi connectivity index (χ2n) is 6.70. The average molecular weight is 479 g/mol. The first kappa shape index (κ1) is 26.1. The van der Waals surface area contributed by atoms with Crippen LogP contribution < -0.4 is 15.2 Å². The van der Waals surface area contributed by atoms with Gasteiger partial charge in [-0.15, -0.1) is 0 Å². The second-order valence-corrected chi connectivity index (χ2v) is 6.70. The standard InChI is InChI=1S/C21H19NO5.C2HF3O2/c22-8-9-26-18-3-1-2-16(12-18)21(25)17-5-4-15-11-19(27-13-20(23)24)7-6-14(15)10-17;3-2(4,5)1(6)7/h1-7,10-12H,8-9,13,22H2,(H,23,24);(H,6,7). The molecule has 4 N–H and O–H groups in total. The molecule has 0 heterocycles. The second kappa shape index (κ2) is 11.7. The summed E-state index contributed by atoms with van der Waals surface area (Å²) in [5, 5.41) is 17.5. The van der Waals surface area contributed by atoms with Gasteiger partial charge in [0.15, 0.2) is 12.4 Å². The fourth-order valence-electron chi connectivity index (χ4n) is 2.67. The summed E-state index contributed by atoms with van der Waals surface area (Å²) < 4.78 is 42.4. The number of carboxylic acids is 2. The Balaban J connectivity index is 0.000000509. The first-order valence-corrected chi connectivity index (χ1v) is 9.67. The van der Waals surface area contributed by atoms with Crippen molar-refractivity contribution in [2.75, 3.05) is 19.8 Å². The molecule has 0 spiro atoms. The van der Waals surface area contributed by atoms with Gasteiger partial charge in [0.25, 0.3) is 0 Å². The molecule has 34 heavy (non-hydrogen) atoms. The molecule has 180 valence electrons. The fourth-order valence-corrected chi connectivity index (χ4v) is 2.67. The lowest BCUT2D eigenvalue weighted by molar-refractivity contribution is -0.192. The van der Waals surface area contributed by atoms with Crippen LogP contribution in [0.15, 0.2) is 60.7 Å². The molecular weight excluding hydrogens is 459 g/mol. The zero-order valence-electron chi connectivity index (χ0n) is 17.5. The van der Waals surface area contributed by atoms with Gasteiger partial charge in [0.2, 0.25) is 0 Å². The van der Waals surface area contributed by atoms with Gasteiger partial charge in [-0.05, 0) is 41.1 Å². The predicted molar refractivity (Wildman–Crippen MR) is 115 cm³/mol. The van der Waals surface area contributed by atoms with Crippen molar-refractivity contribution in [1.82, 2.24) is 0 Å². The smallest absolute Gasteiger partial charge is 0.490 e. The van der Waals surface area contributed by atoms with E-state index in [4.69, 9.17) is 30.2 Å². The van der Waals surface area contributed by atoms with Crippen LogP contribution in [-0.2, 0) is 9.59 Å². The number of carbonyl (C=O) groups is 3. The number of carboxylic acid groups (broad SMARTS) is 2. The van der Waals surface area contributed by atoms with Crippen molar-refractivity contribution in [1.29, 1.82) is 0 Å². The molecule has 8 nitrogen and oxygen atoms in total. The van der Waals surface area contributed by atoms with Crippen molar-refractivity contribution in [3.63, 3.8) is 0 Å². The highest BCUT2D eigenvalue weighted by Gasteiger charge is 2.38. The molecule has 0 unspecified atom stereocenters. The number of fused-ring (bicyclic) bond motifs is 1. The van der Waals surface area contributed by atoms with Gasteiger partial charge in [-0.3, -0.25) is 4.79 Å². The van der Waals surface area contributed by atoms with Crippen molar-refractivity contribution < 1.29 is 47.2 Å². The summed E-state index contributed by atoms with van der Waals surface area (Å²) in [5.41, 5.74) is 6.52. The summed E-state index contributed by atoms with van der Waals surface area (Å²) in [5.74, 6) is -2.83. The molecule has 0 atom stereocenters. The third kappa shape index (κ3) is 7.78. The molecule has 3 rings (SSSR count). The van der Waals surface area contributed by atoms with E-state index < -0.39 is 24.7 Å². The summed E-state index contributed by atoms with van der Waals surface area (Å²) in [6, 6.07) is 17.6. The van der Waals surface area contributed by atoms with Crippen molar-refractivity contribution in [3.8, 4) is 11.5 Å². The van der Waals surface area contributed by atoms with Gasteiger partial charge in [0, 0.05) is 17.7 Å². The van der Waals surface area contributed by atoms with Gasteiger partial charge < -0.3 is 25.4 Å². The highest BCUT2D eigenvalue weighted by molar-refractivity contribution is 6.10. The van der Waals surface area contributed by atoms with E-state index >= 15 is 0 Å². The van der Waals surface area contributed by atoms with Crippen molar-refractivity contribution in [3.05, 3.63) is 71.8 Å². The van der Waals surface area contributed by atoms with Gasteiger partial charge in [-0.2, -0.15) is 13.2 Å². The minimum atomic E-state index is -5.08. The van der Waals surface area contributed by atoms with Crippen LogP contribution in [0.2, 0.25) is 0 Å². The molecule has 0 saturated heterocycles. The van der Waals surface area contributed by atoms with Crippen molar-refractivity contribution >= 4 is 28.5 Å². The van der Waals surface area contributed by atoms with Crippen LogP contribution in [0, 0.1) is 0 Å². The number of nitrogens with two attached hydrogens (primary N) is 1. The Hall–Kier alpha value is -4.12. The number of alkyl halides is 3. The topological polar surface area (TPSA) is 136 Å². The van der Waals surface area contributed by atoms with Gasteiger partial charge in [0.05, 0.1) is 0 Å². The quantitative estimate of drug-likeness (QED) is 0.418. The highest BCUT2D eigenvalue weighted by Crippen LogP contribution is 2.24. The highest BCUT2D eigenvalue weighted by atomic mass is 19.4. The first-order chi connectivity index (χ1) is 16.0. The Morgan fingerprint density at radius 3 is 2.03 bits per heavy atom. The van der Waals surface area contributed by atoms with E-state index in [0.717, 1.165) is 10.8 Å². The maximum atomic E-state index is 12.8. The molecule has 0 aromatic heterocycles. The predicted octanol–water partition coefficient (Wildman–Crippen LogP) is 3.51. The lowest BCUT2D eigenvalue weighted by Gasteiger charge is -2.08. The minimum absolute atomic E-state index is 0.110. The molecule has 3 aromatic rings. The van der Waals surface area contributed by atoms with Crippen LogP contribution >= 0.6 is 0 Å². The number of halogens is 3. The van der Waals surface area contributed by atoms with Gasteiger partial charge >= 0.3 is 18.1 Å². The van der Waals surface area contributed by atoms with Gasteiger partial charge in [-0.1, -0.05) is 30.3 Å². The van der Waals surface area contributed by atoms with Crippen LogP contribution in [0.25, 0.3) is 10.8 Å². The first-order valence-electron chi connectivity index (χ1n) is 9.67. The molecular formula is C23H20F3NO7. The fraction of sp³-hybridized carbons (Fsp3) is 0.174. The summed E-state index contributed by atoms with van der Waals surface area (Å²) in [6.45, 7) is 0.394. The Kier molecular flexibility index (Phi) is 8.96. The number of rotatable bonds is 8. The minimum Gasteiger partial charge on any atom is -0.492 e. The normalized spacial score (nSPS) is 10.7. The third-order valence-electron chi connectivity index (χ3n) is 4.16. The number of hydrogen-bond acceptors (Lipinski definition) is 6. The molecule has 0 saturated carbocycles. The van der Waals surface area contributed by atoms with Crippen LogP contribution in [-0.4, -0.2) is 53.9 Å². The molecule has 0 aliphatic rings. The van der Waals surface area contributed by atoms with Crippen LogP contribution in [0.3, 0.4) is 0 Å². The summed E-state index contributed by atoms with van der Waals surface area (Å²) >= 11 is 0. The Bertz CT molecular complexity index is 1180. The summed E-state index contributed by atoms with van der Waals surface area (Å²) in [4.78, 5) is 32.3. The number of hydrogen-bond donors (Lipinski definition) is 3. The largest absolute Gasteiger partial charge is 0.492 e. The van der Waals surface area contributed by atoms with Gasteiger partial charge in [0.1, 0.15) is 18.1 Å². The zero-order chi connectivity index (χ0) is 25.3. The SMILES string of the molecule is NCCOc1cccc(C(=O)c2ccc3cc(OCC(=O)O)ccc3c2)c1.O=C(O)C(F)(F)F. The van der Waals surface area contributed by atoms with E-state index in [1.807, 2.05) is 6.07 Å². The molecule has 0 radical (unpaired) electrons.